The third-order valence-corrected chi connectivity index (χ3v) is 7.18. The van der Waals surface area contributed by atoms with Crippen LogP contribution in [0.1, 0.15) is 50.7 Å². The van der Waals surface area contributed by atoms with Crippen molar-refractivity contribution < 1.29 is 9.59 Å². The van der Waals surface area contributed by atoms with Gasteiger partial charge in [-0.2, -0.15) is 5.10 Å². The summed E-state index contributed by atoms with van der Waals surface area (Å²) >= 11 is 1.40. The number of fused-ring (bicyclic) bond motifs is 1. The molecule has 0 atom stereocenters. The smallest absolute Gasteiger partial charge is 0.266 e. The molecule has 3 N–H and O–H groups in total. The first-order valence-electron chi connectivity index (χ1n) is 12.1. The van der Waals surface area contributed by atoms with Gasteiger partial charge in [0.25, 0.3) is 11.8 Å². The first-order chi connectivity index (χ1) is 17.5. The second-order valence-electron chi connectivity index (χ2n) is 8.46. The molecule has 0 bridgehead atoms. The molecule has 36 heavy (non-hydrogen) atoms. The van der Waals surface area contributed by atoms with Crippen LogP contribution >= 0.6 is 11.3 Å². The Morgan fingerprint density at radius 1 is 1.06 bits per heavy atom. The number of amides is 2. The largest absolute Gasteiger partial charge is 0.351 e. The van der Waals surface area contributed by atoms with E-state index >= 15 is 0 Å². The number of thiophene rings is 1. The fourth-order valence-electron chi connectivity index (χ4n) is 3.99. The van der Waals surface area contributed by atoms with Gasteiger partial charge in [0.15, 0.2) is 0 Å². The van der Waals surface area contributed by atoms with Crippen molar-refractivity contribution in [2.24, 2.45) is 0 Å². The van der Waals surface area contributed by atoms with Crippen molar-refractivity contribution in [3.63, 3.8) is 0 Å². The standard InChI is InChI=1S/C28H31N5O2S/c1-4-33(5-2)16-15-29-27(34)21-11-10-20(12-13-24-22-8-6-7-9-23(22)31-32-24)25(18-21)30-28(35)26-19(3)14-17-36-26/h6-14,17-18H,4-5,15-16H2,1-3H3,(H,29,34)(H,30,35)(H,31,32). The van der Waals surface area contributed by atoms with Gasteiger partial charge in [0.05, 0.1) is 16.1 Å². The summed E-state index contributed by atoms with van der Waals surface area (Å²) in [6, 6.07) is 15.2. The Morgan fingerprint density at radius 3 is 2.61 bits per heavy atom. The number of benzene rings is 2. The van der Waals surface area contributed by atoms with Crippen LogP contribution in [0.4, 0.5) is 5.69 Å². The van der Waals surface area contributed by atoms with Crippen molar-refractivity contribution in [3.05, 3.63) is 81.2 Å². The Labute approximate surface area is 215 Å². The van der Waals surface area contributed by atoms with E-state index in [2.05, 4.69) is 39.6 Å². The average molecular weight is 502 g/mol. The Morgan fingerprint density at radius 2 is 1.86 bits per heavy atom. The third-order valence-electron chi connectivity index (χ3n) is 6.16. The number of rotatable bonds is 10. The second kappa shape index (κ2) is 11.8. The lowest BCUT2D eigenvalue weighted by atomic mass is 10.1. The molecule has 7 nitrogen and oxygen atoms in total. The van der Waals surface area contributed by atoms with Crippen molar-refractivity contribution in [2.75, 3.05) is 31.5 Å². The zero-order valence-corrected chi connectivity index (χ0v) is 21.6. The molecular formula is C28H31N5O2S. The molecule has 0 aliphatic heterocycles. The molecule has 2 aromatic carbocycles. The van der Waals surface area contributed by atoms with Crippen LogP contribution < -0.4 is 10.6 Å². The number of nitrogens with one attached hydrogen (secondary N) is 3. The lowest BCUT2D eigenvalue weighted by Gasteiger charge is -2.18. The predicted molar refractivity (Wildman–Crippen MR) is 149 cm³/mol. The number of aryl methyl sites for hydroxylation is 1. The highest BCUT2D eigenvalue weighted by molar-refractivity contribution is 7.12. The zero-order valence-electron chi connectivity index (χ0n) is 20.8. The Kier molecular flexibility index (Phi) is 8.30. The lowest BCUT2D eigenvalue weighted by molar-refractivity contribution is 0.0947. The van der Waals surface area contributed by atoms with Gasteiger partial charge < -0.3 is 15.5 Å². The molecule has 0 unspecified atom stereocenters. The maximum Gasteiger partial charge on any atom is 0.266 e. The van der Waals surface area contributed by atoms with Crippen LogP contribution in [-0.4, -0.2) is 53.1 Å². The van der Waals surface area contributed by atoms with Crippen molar-refractivity contribution in [1.29, 1.82) is 0 Å². The maximum atomic E-state index is 13.0. The van der Waals surface area contributed by atoms with E-state index in [4.69, 9.17) is 0 Å². The molecule has 8 heteroatoms. The number of likely N-dealkylation sites (N-methyl/N-ethyl adjacent to an activating group) is 1. The second-order valence-corrected chi connectivity index (χ2v) is 9.38. The van der Waals surface area contributed by atoms with E-state index in [1.165, 1.54) is 11.3 Å². The third kappa shape index (κ3) is 5.90. The summed E-state index contributed by atoms with van der Waals surface area (Å²) in [4.78, 5) is 28.8. The highest BCUT2D eigenvalue weighted by atomic mass is 32.1. The number of nitrogens with zero attached hydrogens (tertiary/aromatic N) is 2. The van der Waals surface area contributed by atoms with Crippen LogP contribution in [0.15, 0.2) is 53.9 Å². The quantitative estimate of drug-likeness (QED) is 0.270. The van der Waals surface area contributed by atoms with Gasteiger partial charge in [-0.3, -0.25) is 14.7 Å². The highest BCUT2D eigenvalue weighted by Crippen LogP contribution is 2.25. The average Bonchev–Trinajstić information content (AvgIpc) is 3.51. The summed E-state index contributed by atoms with van der Waals surface area (Å²) < 4.78 is 0. The molecule has 2 heterocycles. The molecule has 0 fully saturated rings. The van der Waals surface area contributed by atoms with Crippen LogP contribution in [0, 0.1) is 6.92 Å². The monoisotopic (exact) mass is 501 g/mol. The van der Waals surface area contributed by atoms with E-state index < -0.39 is 0 Å². The predicted octanol–water partition coefficient (Wildman–Crippen LogP) is 5.43. The minimum atomic E-state index is -0.193. The molecule has 2 amide bonds. The van der Waals surface area contributed by atoms with Gasteiger partial charge in [0.2, 0.25) is 0 Å². The highest BCUT2D eigenvalue weighted by Gasteiger charge is 2.15. The lowest BCUT2D eigenvalue weighted by Crippen LogP contribution is -2.34. The molecule has 0 saturated carbocycles. The number of anilines is 1. The van der Waals surface area contributed by atoms with E-state index in [9.17, 15) is 9.59 Å². The van der Waals surface area contributed by atoms with Gasteiger partial charge in [-0.1, -0.05) is 44.2 Å². The zero-order chi connectivity index (χ0) is 25.5. The Bertz CT molecular complexity index is 1380. The molecule has 0 saturated heterocycles. The molecule has 0 spiro atoms. The van der Waals surface area contributed by atoms with E-state index in [0.717, 1.165) is 47.4 Å². The van der Waals surface area contributed by atoms with Crippen molar-refractivity contribution in [1.82, 2.24) is 20.4 Å². The molecule has 0 aliphatic rings. The van der Waals surface area contributed by atoms with Gasteiger partial charge in [-0.15, -0.1) is 11.3 Å². The summed E-state index contributed by atoms with van der Waals surface area (Å²) in [5, 5.41) is 16.3. The molecule has 0 radical (unpaired) electrons. The van der Waals surface area contributed by atoms with Crippen LogP contribution in [0.2, 0.25) is 0 Å². The first kappa shape index (κ1) is 25.3. The number of H-pyrrole nitrogens is 1. The van der Waals surface area contributed by atoms with Crippen LogP contribution in [0.5, 0.6) is 0 Å². The van der Waals surface area contributed by atoms with Crippen molar-refractivity contribution in [3.8, 4) is 0 Å². The topological polar surface area (TPSA) is 90.1 Å². The van der Waals surface area contributed by atoms with E-state index in [1.807, 2.05) is 60.9 Å². The summed E-state index contributed by atoms with van der Waals surface area (Å²) in [7, 11) is 0. The van der Waals surface area contributed by atoms with Crippen molar-refractivity contribution >= 4 is 51.9 Å². The molecule has 186 valence electrons. The molecule has 0 aliphatic carbocycles. The Hall–Kier alpha value is -3.75. The minimum absolute atomic E-state index is 0.168. The van der Waals surface area contributed by atoms with E-state index in [-0.39, 0.29) is 11.8 Å². The van der Waals surface area contributed by atoms with Gasteiger partial charge >= 0.3 is 0 Å². The fraction of sp³-hybridized carbons (Fsp3) is 0.250. The van der Waals surface area contributed by atoms with Crippen LogP contribution in [-0.2, 0) is 0 Å². The summed E-state index contributed by atoms with van der Waals surface area (Å²) in [5.74, 6) is -0.361. The summed E-state index contributed by atoms with van der Waals surface area (Å²) in [6.45, 7) is 9.35. The summed E-state index contributed by atoms with van der Waals surface area (Å²) in [5.41, 5.74) is 4.52. The normalized spacial score (nSPS) is 11.4. The SMILES string of the molecule is CCN(CC)CCNC(=O)c1ccc(C=Cc2n[nH]c3ccccc23)c(NC(=O)c2sccc2C)c1. The first-order valence-corrected chi connectivity index (χ1v) is 13.0. The van der Waals surface area contributed by atoms with Gasteiger partial charge in [0.1, 0.15) is 0 Å². The number of para-hydroxylation sites is 1. The van der Waals surface area contributed by atoms with Gasteiger partial charge in [0, 0.05) is 29.7 Å². The number of aromatic amines is 1. The van der Waals surface area contributed by atoms with Crippen LogP contribution in [0.3, 0.4) is 0 Å². The van der Waals surface area contributed by atoms with Crippen molar-refractivity contribution in [2.45, 2.75) is 20.8 Å². The fourth-order valence-corrected chi connectivity index (χ4v) is 4.81. The minimum Gasteiger partial charge on any atom is -0.351 e. The number of carbonyl (C=O) groups is 2. The number of aromatic nitrogens is 2. The maximum absolute atomic E-state index is 13.0. The van der Waals surface area contributed by atoms with E-state index in [0.29, 0.717) is 22.7 Å². The van der Waals surface area contributed by atoms with E-state index in [1.54, 1.807) is 12.1 Å². The molecule has 4 aromatic rings. The van der Waals surface area contributed by atoms with Gasteiger partial charge in [-0.25, -0.2) is 0 Å². The Balaban J connectivity index is 1.59. The molecule has 4 rings (SSSR count). The van der Waals surface area contributed by atoms with Gasteiger partial charge in [-0.05, 0) is 66.9 Å². The molecule has 2 aromatic heterocycles. The summed E-state index contributed by atoms with van der Waals surface area (Å²) in [6.07, 6.45) is 3.81. The van der Waals surface area contributed by atoms with Crippen LogP contribution in [0.25, 0.3) is 23.1 Å². The number of hydrogen-bond donors (Lipinski definition) is 3. The molecular weight excluding hydrogens is 470 g/mol. The number of hydrogen-bond acceptors (Lipinski definition) is 5. The number of carbonyl (C=O) groups excluding carboxylic acids is 2.